The second-order valence-corrected chi connectivity index (χ2v) is 8.74. The number of sulfonamides is 1. The molecular formula is C19H26N6O3S. The van der Waals surface area contributed by atoms with E-state index in [9.17, 15) is 13.2 Å². The first kappa shape index (κ1) is 20.8. The zero-order valence-electron chi connectivity index (χ0n) is 16.8. The number of hydrogen-bond donors (Lipinski definition) is 2. The van der Waals surface area contributed by atoms with Crippen LogP contribution in [-0.4, -0.2) is 46.1 Å². The van der Waals surface area contributed by atoms with E-state index < -0.39 is 16.1 Å². The SMILES string of the molecule is CCCCNC(=O)NS(=O)(=O)CCc1c(C)nn(C)c1-n1ccc2cccnc21. The maximum absolute atomic E-state index is 12.4. The number of carbonyl (C=O) groups excluding carboxylic acids is 1. The van der Waals surface area contributed by atoms with Crippen LogP contribution in [0.3, 0.4) is 0 Å². The molecule has 3 aromatic heterocycles. The number of nitrogens with zero attached hydrogens (tertiary/aromatic N) is 4. The van der Waals surface area contributed by atoms with Crippen molar-refractivity contribution in [1.29, 1.82) is 0 Å². The molecule has 10 heteroatoms. The fraction of sp³-hybridized carbons (Fsp3) is 0.421. The smallest absolute Gasteiger partial charge is 0.328 e. The highest BCUT2D eigenvalue weighted by atomic mass is 32.2. The summed E-state index contributed by atoms with van der Waals surface area (Å²) in [5, 5.41) is 7.99. The fourth-order valence-corrected chi connectivity index (χ4v) is 4.19. The first-order chi connectivity index (χ1) is 13.8. The number of pyridine rings is 1. The Morgan fingerprint density at radius 1 is 1.28 bits per heavy atom. The summed E-state index contributed by atoms with van der Waals surface area (Å²) in [7, 11) is -1.96. The van der Waals surface area contributed by atoms with Gasteiger partial charge in [-0.1, -0.05) is 13.3 Å². The standard InChI is InChI=1S/C19H26N6O3S/c1-4-5-10-21-19(26)23-29(27,28)13-9-16-14(2)22-24(3)18(16)25-12-8-15-7-6-11-20-17(15)25/h6-8,11-12H,4-5,9-10,13H2,1-3H3,(H2,21,23,26). The quantitative estimate of drug-likeness (QED) is 0.544. The highest BCUT2D eigenvalue weighted by Gasteiger charge is 2.21. The van der Waals surface area contributed by atoms with Crippen LogP contribution in [0.15, 0.2) is 30.6 Å². The molecule has 29 heavy (non-hydrogen) atoms. The Labute approximate surface area is 170 Å². The van der Waals surface area contributed by atoms with Crippen molar-refractivity contribution in [2.75, 3.05) is 12.3 Å². The molecule has 3 heterocycles. The Balaban J connectivity index is 1.79. The number of fused-ring (bicyclic) bond motifs is 1. The van der Waals surface area contributed by atoms with Crippen LogP contribution in [0.1, 0.15) is 31.0 Å². The Hall–Kier alpha value is -2.88. The first-order valence-corrected chi connectivity index (χ1v) is 11.2. The van der Waals surface area contributed by atoms with Crippen molar-refractivity contribution in [3.05, 3.63) is 41.9 Å². The third kappa shape index (κ3) is 4.76. The van der Waals surface area contributed by atoms with Crippen LogP contribution in [0, 0.1) is 6.92 Å². The van der Waals surface area contributed by atoms with Crippen LogP contribution in [-0.2, 0) is 23.5 Å². The molecule has 156 valence electrons. The van der Waals surface area contributed by atoms with Crippen molar-refractivity contribution in [3.63, 3.8) is 0 Å². The van der Waals surface area contributed by atoms with Gasteiger partial charge in [0.25, 0.3) is 0 Å². The summed E-state index contributed by atoms with van der Waals surface area (Å²) in [5.41, 5.74) is 2.31. The molecule has 0 saturated carbocycles. The molecule has 9 nitrogen and oxygen atoms in total. The summed E-state index contributed by atoms with van der Waals surface area (Å²) in [4.78, 5) is 16.2. The Bertz CT molecular complexity index is 1120. The molecule has 0 aliphatic carbocycles. The van der Waals surface area contributed by atoms with Crippen molar-refractivity contribution in [2.45, 2.75) is 33.1 Å². The monoisotopic (exact) mass is 418 g/mol. The molecule has 3 aromatic rings. The molecule has 0 unspecified atom stereocenters. The number of amides is 2. The Morgan fingerprint density at radius 3 is 2.83 bits per heavy atom. The number of aromatic nitrogens is 4. The van der Waals surface area contributed by atoms with E-state index in [4.69, 9.17) is 0 Å². The fourth-order valence-electron chi connectivity index (χ4n) is 3.26. The summed E-state index contributed by atoms with van der Waals surface area (Å²) in [6.07, 6.45) is 5.54. The number of hydrogen-bond acceptors (Lipinski definition) is 5. The van der Waals surface area contributed by atoms with Crippen LogP contribution >= 0.6 is 0 Å². The van der Waals surface area contributed by atoms with Crippen LogP contribution in [0.25, 0.3) is 16.9 Å². The van der Waals surface area contributed by atoms with Crippen molar-refractivity contribution in [3.8, 4) is 5.82 Å². The Kier molecular flexibility index (Phi) is 6.21. The topological polar surface area (TPSA) is 111 Å². The van der Waals surface area contributed by atoms with Gasteiger partial charge in [0.05, 0.1) is 11.4 Å². The highest BCUT2D eigenvalue weighted by Crippen LogP contribution is 2.23. The number of rotatable bonds is 8. The van der Waals surface area contributed by atoms with Gasteiger partial charge in [-0.2, -0.15) is 5.10 Å². The molecule has 0 atom stereocenters. The minimum atomic E-state index is -3.78. The molecule has 0 spiro atoms. The summed E-state index contributed by atoms with van der Waals surface area (Å²) < 4.78 is 30.4. The van der Waals surface area contributed by atoms with Gasteiger partial charge in [-0.15, -0.1) is 0 Å². The third-order valence-corrected chi connectivity index (χ3v) is 5.91. The number of urea groups is 1. The average Bonchev–Trinajstić information content (AvgIpc) is 3.19. The van der Waals surface area contributed by atoms with Crippen LogP contribution in [0.2, 0.25) is 0 Å². The minimum Gasteiger partial charge on any atom is -0.337 e. The molecule has 0 aliphatic rings. The van der Waals surface area contributed by atoms with E-state index in [2.05, 4.69) is 20.1 Å². The number of nitrogens with one attached hydrogen (secondary N) is 2. The summed E-state index contributed by atoms with van der Waals surface area (Å²) >= 11 is 0. The molecular weight excluding hydrogens is 392 g/mol. The van der Waals surface area contributed by atoms with Gasteiger partial charge in [0.15, 0.2) is 0 Å². The van der Waals surface area contributed by atoms with E-state index in [-0.39, 0.29) is 12.2 Å². The third-order valence-electron chi connectivity index (χ3n) is 4.67. The van der Waals surface area contributed by atoms with E-state index in [1.807, 2.05) is 49.9 Å². The second-order valence-electron chi connectivity index (χ2n) is 6.89. The Morgan fingerprint density at radius 2 is 2.07 bits per heavy atom. The van der Waals surface area contributed by atoms with Crippen molar-refractivity contribution < 1.29 is 13.2 Å². The molecule has 3 rings (SSSR count). The maximum atomic E-state index is 12.4. The summed E-state index contributed by atoms with van der Waals surface area (Å²) in [5.74, 6) is 0.541. The summed E-state index contributed by atoms with van der Waals surface area (Å²) in [6.45, 7) is 4.28. The minimum absolute atomic E-state index is 0.221. The normalized spacial score (nSPS) is 11.7. The predicted molar refractivity (Wildman–Crippen MR) is 112 cm³/mol. The van der Waals surface area contributed by atoms with E-state index in [1.54, 1.807) is 10.9 Å². The molecule has 0 fully saturated rings. The van der Waals surface area contributed by atoms with Gasteiger partial charge in [-0.3, -0.25) is 9.25 Å². The highest BCUT2D eigenvalue weighted by molar-refractivity contribution is 7.90. The second kappa shape index (κ2) is 8.64. The van der Waals surface area contributed by atoms with Gasteiger partial charge < -0.3 is 5.32 Å². The zero-order valence-corrected chi connectivity index (χ0v) is 17.7. The predicted octanol–water partition coefficient (Wildman–Crippen LogP) is 2.04. The molecule has 0 radical (unpaired) electrons. The molecule has 0 bridgehead atoms. The number of aryl methyl sites for hydroxylation is 2. The van der Waals surface area contributed by atoms with Gasteiger partial charge in [0.1, 0.15) is 11.5 Å². The van der Waals surface area contributed by atoms with Gasteiger partial charge >= 0.3 is 6.03 Å². The van der Waals surface area contributed by atoms with Crippen molar-refractivity contribution >= 4 is 27.1 Å². The van der Waals surface area contributed by atoms with Crippen LogP contribution < -0.4 is 10.0 Å². The van der Waals surface area contributed by atoms with Crippen LogP contribution in [0.5, 0.6) is 0 Å². The van der Waals surface area contributed by atoms with Crippen LogP contribution in [0.4, 0.5) is 4.79 Å². The number of unbranched alkanes of at least 4 members (excludes halogenated alkanes) is 1. The molecule has 0 aliphatic heterocycles. The summed E-state index contributed by atoms with van der Waals surface area (Å²) in [6, 6.07) is 5.09. The molecule has 2 N–H and O–H groups in total. The number of carbonyl (C=O) groups is 1. The van der Waals surface area contributed by atoms with Crippen molar-refractivity contribution in [2.24, 2.45) is 7.05 Å². The average molecular weight is 419 g/mol. The van der Waals surface area contributed by atoms with Crippen molar-refractivity contribution in [1.82, 2.24) is 29.4 Å². The van der Waals surface area contributed by atoms with E-state index >= 15 is 0 Å². The first-order valence-electron chi connectivity index (χ1n) is 9.55. The van der Waals surface area contributed by atoms with Gasteiger partial charge in [-0.25, -0.2) is 22.9 Å². The lowest BCUT2D eigenvalue weighted by molar-refractivity contribution is 0.245. The van der Waals surface area contributed by atoms with E-state index in [0.717, 1.165) is 41.0 Å². The lowest BCUT2D eigenvalue weighted by Gasteiger charge is -2.11. The lowest BCUT2D eigenvalue weighted by atomic mass is 10.2. The van der Waals surface area contributed by atoms with E-state index in [0.29, 0.717) is 6.54 Å². The maximum Gasteiger partial charge on any atom is 0.328 e. The van der Waals surface area contributed by atoms with Gasteiger partial charge in [0, 0.05) is 36.9 Å². The molecule has 2 amide bonds. The van der Waals surface area contributed by atoms with E-state index in [1.165, 1.54) is 0 Å². The van der Waals surface area contributed by atoms with Gasteiger partial charge in [0.2, 0.25) is 10.0 Å². The van der Waals surface area contributed by atoms with Gasteiger partial charge in [-0.05, 0) is 38.0 Å². The lowest BCUT2D eigenvalue weighted by Crippen LogP contribution is -2.41. The molecule has 0 aromatic carbocycles. The zero-order chi connectivity index (χ0) is 21.0. The molecule has 0 saturated heterocycles. The largest absolute Gasteiger partial charge is 0.337 e.